The fourth-order valence-corrected chi connectivity index (χ4v) is 1.47. The van der Waals surface area contributed by atoms with Crippen LogP contribution in [-0.2, 0) is 4.79 Å². The van der Waals surface area contributed by atoms with Gasteiger partial charge >= 0.3 is 0 Å². The van der Waals surface area contributed by atoms with Crippen molar-refractivity contribution in [2.75, 3.05) is 6.54 Å². The van der Waals surface area contributed by atoms with Gasteiger partial charge in [0.05, 0.1) is 0 Å². The van der Waals surface area contributed by atoms with E-state index < -0.39 is 0 Å². The highest BCUT2D eigenvalue weighted by atomic mass is 32.2. The molecule has 70 valence electrons. The first-order chi connectivity index (χ1) is 6.20. The van der Waals surface area contributed by atoms with Crippen molar-refractivity contribution in [1.82, 2.24) is 4.72 Å². The molecule has 0 spiro atoms. The zero-order valence-electron chi connectivity index (χ0n) is 7.67. The van der Waals surface area contributed by atoms with Crippen LogP contribution in [0.15, 0.2) is 35.3 Å². The Morgan fingerprint density at radius 3 is 3.15 bits per heavy atom. The Hall–Kier alpha value is -0.800. The van der Waals surface area contributed by atoms with E-state index in [0.29, 0.717) is 13.0 Å². The average molecular weight is 195 g/mol. The largest absolute Gasteiger partial charge is 0.295 e. The minimum atomic E-state index is 0.199. The molecule has 0 aromatic rings. The molecular formula is C10H13NOS. The number of carbonyl (C=O) groups is 1. The molecule has 1 aliphatic rings. The van der Waals surface area contributed by atoms with Gasteiger partial charge < -0.3 is 0 Å². The zero-order valence-corrected chi connectivity index (χ0v) is 8.49. The van der Waals surface area contributed by atoms with Gasteiger partial charge in [-0.2, -0.15) is 0 Å². The first-order valence-corrected chi connectivity index (χ1v) is 4.98. The number of ketones is 1. The van der Waals surface area contributed by atoms with Crippen molar-refractivity contribution < 1.29 is 4.79 Å². The van der Waals surface area contributed by atoms with E-state index in [0.717, 1.165) is 10.5 Å². The molecule has 1 heterocycles. The molecule has 0 amide bonds. The smallest absolute Gasteiger partial charge is 0.159 e. The lowest BCUT2D eigenvalue weighted by Gasteiger charge is -2.05. The summed E-state index contributed by atoms with van der Waals surface area (Å²) in [6, 6.07) is 0. The summed E-state index contributed by atoms with van der Waals surface area (Å²) in [6.07, 6.45) is 6.13. The number of hydrogen-bond acceptors (Lipinski definition) is 3. The molecule has 1 rings (SSSR count). The molecule has 1 N–H and O–H groups in total. The average Bonchev–Trinajstić information content (AvgIpc) is 2.11. The molecular weight excluding hydrogens is 182 g/mol. The molecule has 2 nitrogen and oxygen atoms in total. The van der Waals surface area contributed by atoms with Crippen LogP contribution in [-0.4, -0.2) is 12.3 Å². The summed E-state index contributed by atoms with van der Waals surface area (Å²) in [4.78, 5) is 12.3. The maximum atomic E-state index is 11.3. The molecule has 0 saturated carbocycles. The molecule has 0 fully saturated rings. The number of nitrogens with one attached hydrogen (secondary N) is 1. The second-order valence-corrected chi connectivity index (χ2v) is 3.86. The lowest BCUT2D eigenvalue weighted by Crippen LogP contribution is -2.12. The highest BCUT2D eigenvalue weighted by molar-refractivity contribution is 8.01. The summed E-state index contributed by atoms with van der Waals surface area (Å²) in [6.45, 7) is 6.37. The lowest BCUT2D eigenvalue weighted by atomic mass is 10.1. The quantitative estimate of drug-likeness (QED) is 0.601. The van der Waals surface area contributed by atoms with Crippen LogP contribution in [0.2, 0.25) is 0 Å². The van der Waals surface area contributed by atoms with E-state index in [2.05, 4.69) is 11.3 Å². The van der Waals surface area contributed by atoms with Crippen LogP contribution in [0.3, 0.4) is 0 Å². The van der Waals surface area contributed by atoms with Gasteiger partial charge in [-0.25, -0.2) is 0 Å². The molecule has 0 atom stereocenters. The van der Waals surface area contributed by atoms with Crippen molar-refractivity contribution in [1.29, 1.82) is 0 Å². The van der Waals surface area contributed by atoms with Gasteiger partial charge in [0.1, 0.15) is 0 Å². The van der Waals surface area contributed by atoms with Gasteiger partial charge in [-0.1, -0.05) is 18.7 Å². The normalized spacial score (nSPS) is 19.9. The molecule has 0 aliphatic carbocycles. The van der Waals surface area contributed by atoms with E-state index in [4.69, 9.17) is 0 Å². The maximum Gasteiger partial charge on any atom is 0.159 e. The van der Waals surface area contributed by atoms with E-state index in [1.54, 1.807) is 0 Å². The van der Waals surface area contributed by atoms with Gasteiger partial charge in [-0.15, -0.1) is 0 Å². The van der Waals surface area contributed by atoms with Crippen LogP contribution in [0.4, 0.5) is 0 Å². The third-order valence-electron chi connectivity index (χ3n) is 1.73. The van der Waals surface area contributed by atoms with Gasteiger partial charge in [0.25, 0.3) is 0 Å². The first kappa shape index (κ1) is 10.3. The van der Waals surface area contributed by atoms with E-state index in [1.165, 1.54) is 11.9 Å². The van der Waals surface area contributed by atoms with E-state index in [9.17, 15) is 4.79 Å². The highest BCUT2D eigenvalue weighted by Crippen LogP contribution is 2.12. The summed E-state index contributed by atoms with van der Waals surface area (Å²) in [5, 5.41) is 0. The van der Waals surface area contributed by atoms with E-state index in [1.807, 2.05) is 25.2 Å². The molecule has 0 radical (unpaired) electrons. The summed E-state index contributed by atoms with van der Waals surface area (Å²) < 4.78 is 3.07. The van der Waals surface area contributed by atoms with E-state index >= 15 is 0 Å². The second-order valence-electron chi connectivity index (χ2n) is 2.84. The first-order valence-electron chi connectivity index (χ1n) is 4.17. The van der Waals surface area contributed by atoms with Gasteiger partial charge in [-0.05, 0) is 30.5 Å². The maximum absolute atomic E-state index is 11.3. The number of carbonyl (C=O) groups excluding carboxylic acids is 1. The van der Waals surface area contributed by atoms with Crippen molar-refractivity contribution in [3.8, 4) is 0 Å². The Morgan fingerprint density at radius 2 is 2.38 bits per heavy atom. The van der Waals surface area contributed by atoms with Crippen LogP contribution in [0.1, 0.15) is 13.3 Å². The van der Waals surface area contributed by atoms with Crippen LogP contribution in [0, 0.1) is 0 Å². The van der Waals surface area contributed by atoms with Crippen LogP contribution in [0.5, 0.6) is 0 Å². The van der Waals surface area contributed by atoms with Crippen molar-refractivity contribution in [3.63, 3.8) is 0 Å². The Balaban J connectivity index is 2.74. The minimum Gasteiger partial charge on any atom is -0.295 e. The van der Waals surface area contributed by atoms with Crippen LogP contribution in [0.25, 0.3) is 0 Å². The number of rotatable bonds is 0. The van der Waals surface area contributed by atoms with Crippen molar-refractivity contribution in [2.45, 2.75) is 13.3 Å². The summed E-state index contributed by atoms with van der Waals surface area (Å²) in [5.41, 5.74) is 0.803. The second kappa shape index (κ2) is 5.04. The number of hydrogen-bond donors (Lipinski definition) is 1. The standard InChI is InChI=1S/C10H13NOS/c1-8-4-3-5-9(2)13-11-7-6-10(8)12/h3-5,11H,2,6-7H2,1H3. The van der Waals surface area contributed by atoms with Crippen molar-refractivity contribution >= 4 is 17.7 Å². The Labute approximate surface area is 82.9 Å². The van der Waals surface area contributed by atoms with Crippen molar-refractivity contribution in [3.05, 3.63) is 35.3 Å². The van der Waals surface area contributed by atoms with Crippen LogP contribution >= 0.6 is 11.9 Å². The highest BCUT2D eigenvalue weighted by Gasteiger charge is 2.04. The lowest BCUT2D eigenvalue weighted by molar-refractivity contribution is -0.115. The van der Waals surface area contributed by atoms with Gasteiger partial charge in [-0.3, -0.25) is 9.52 Å². The van der Waals surface area contributed by atoms with Gasteiger partial charge in [0.15, 0.2) is 5.78 Å². The molecule has 0 unspecified atom stereocenters. The molecule has 0 aromatic heterocycles. The summed E-state index contributed by atoms with van der Waals surface area (Å²) in [7, 11) is 0. The van der Waals surface area contributed by atoms with Crippen molar-refractivity contribution in [2.24, 2.45) is 0 Å². The molecule has 3 heteroatoms. The number of Topliss-reactive ketones (excluding diaryl/α,β-unsaturated/α-hetero) is 1. The summed E-state index contributed by atoms with van der Waals surface area (Å²) >= 11 is 1.47. The molecule has 0 aromatic carbocycles. The Bertz CT molecular complexity index is 279. The Kier molecular flexibility index (Phi) is 3.99. The van der Waals surface area contributed by atoms with Gasteiger partial charge in [0.2, 0.25) is 0 Å². The van der Waals surface area contributed by atoms with Crippen LogP contribution < -0.4 is 4.72 Å². The topological polar surface area (TPSA) is 29.1 Å². The SMILES string of the molecule is C=C1C=CC=C(C)C(=O)CCNS1. The summed E-state index contributed by atoms with van der Waals surface area (Å²) in [5.74, 6) is 0.199. The third-order valence-corrected chi connectivity index (χ3v) is 2.47. The molecule has 13 heavy (non-hydrogen) atoms. The Morgan fingerprint density at radius 1 is 1.62 bits per heavy atom. The third kappa shape index (κ3) is 3.61. The number of allylic oxidation sites excluding steroid dienone is 4. The molecule has 0 saturated heterocycles. The molecule has 1 aliphatic heterocycles. The monoisotopic (exact) mass is 195 g/mol. The zero-order chi connectivity index (χ0) is 9.68. The predicted octanol–water partition coefficient (Wildman–Crippen LogP) is 2.21. The molecule has 0 bridgehead atoms. The van der Waals surface area contributed by atoms with E-state index in [-0.39, 0.29) is 5.78 Å². The fraction of sp³-hybridized carbons (Fsp3) is 0.300. The fourth-order valence-electron chi connectivity index (χ4n) is 0.932. The predicted molar refractivity (Wildman–Crippen MR) is 57.3 cm³/mol. The minimum absolute atomic E-state index is 0.199. The van der Waals surface area contributed by atoms with Gasteiger partial charge in [0, 0.05) is 17.9 Å².